The van der Waals surface area contributed by atoms with Crippen LogP contribution in [0.3, 0.4) is 0 Å². The van der Waals surface area contributed by atoms with Crippen molar-refractivity contribution in [2.75, 3.05) is 11.1 Å². The van der Waals surface area contributed by atoms with Crippen molar-refractivity contribution < 1.29 is 4.79 Å². The first-order valence-electron chi connectivity index (χ1n) is 7.05. The maximum atomic E-state index is 12.3. The zero-order chi connectivity index (χ0) is 14.8. The van der Waals surface area contributed by atoms with Crippen molar-refractivity contribution in [3.05, 3.63) is 21.4 Å². The standard InChI is InChI=1S/C14H17N3OS3/c1-3-19-14-17-16-13(21-14)15-12(18)11-7-9-6-8(2)4-5-10(9)20-11/h7-8H,3-6H2,1-2H3,(H,15,16,18)/t8-/m1/s1. The van der Waals surface area contributed by atoms with Gasteiger partial charge in [0.1, 0.15) is 0 Å². The van der Waals surface area contributed by atoms with Crippen molar-refractivity contribution in [1.82, 2.24) is 10.2 Å². The van der Waals surface area contributed by atoms with E-state index in [1.54, 1.807) is 23.1 Å². The summed E-state index contributed by atoms with van der Waals surface area (Å²) in [5.41, 5.74) is 1.35. The zero-order valence-electron chi connectivity index (χ0n) is 12.0. The normalized spacial score (nSPS) is 17.5. The van der Waals surface area contributed by atoms with E-state index < -0.39 is 0 Å². The molecule has 3 rings (SSSR count). The van der Waals surface area contributed by atoms with Gasteiger partial charge in [-0.3, -0.25) is 10.1 Å². The molecule has 2 heterocycles. The lowest BCUT2D eigenvalue weighted by molar-refractivity contribution is 0.103. The highest BCUT2D eigenvalue weighted by molar-refractivity contribution is 8.01. The summed E-state index contributed by atoms with van der Waals surface area (Å²) in [4.78, 5) is 14.5. The Morgan fingerprint density at radius 1 is 1.48 bits per heavy atom. The number of amides is 1. The summed E-state index contributed by atoms with van der Waals surface area (Å²) in [5.74, 6) is 1.62. The number of nitrogens with one attached hydrogen (secondary N) is 1. The van der Waals surface area contributed by atoms with E-state index in [-0.39, 0.29) is 5.91 Å². The highest BCUT2D eigenvalue weighted by Gasteiger charge is 2.21. The molecule has 2 aromatic heterocycles. The lowest BCUT2D eigenvalue weighted by atomic mass is 9.90. The molecule has 1 N–H and O–H groups in total. The Kier molecular flexibility index (Phi) is 4.61. The third kappa shape index (κ3) is 3.46. The van der Waals surface area contributed by atoms with Gasteiger partial charge in [0.25, 0.3) is 5.91 Å². The summed E-state index contributed by atoms with van der Waals surface area (Å²) in [6.45, 7) is 4.34. The molecule has 0 radical (unpaired) electrons. The molecule has 1 aliphatic carbocycles. The fraction of sp³-hybridized carbons (Fsp3) is 0.500. The Morgan fingerprint density at radius 3 is 3.14 bits per heavy atom. The van der Waals surface area contributed by atoms with Crippen LogP contribution in [0.25, 0.3) is 0 Å². The summed E-state index contributed by atoms with van der Waals surface area (Å²) in [6.07, 6.45) is 3.42. The van der Waals surface area contributed by atoms with Crippen LogP contribution in [-0.4, -0.2) is 21.9 Å². The van der Waals surface area contributed by atoms with Crippen molar-refractivity contribution in [2.45, 2.75) is 37.4 Å². The SMILES string of the molecule is CCSc1nnc(NC(=O)c2cc3c(s2)CC[C@@H](C)C3)s1. The van der Waals surface area contributed by atoms with Crippen LogP contribution in [0.5, 0.6) is 0 Å². The van der Waals surface area contributed by atoms with Crippen LogP contribution in [0, 0.1) is 5.92 Å². The van der Waals surface area contributed by atoms with E-state index in [4.69, 9.17) is 0 Å². The molecule has 0 spiro atoms. The molecule has 1 amide bonds. The van der Waals surface area contributed by atoms with E-state index in [2.05, 4.69) is 29.4 Å². The van der Waals surface area contributed by atoms with Gasteiger partial charge in [-0.15, -0.1) is 21.5 Å². The molecule has 0 bridgehead atoms. The molecular formula is C14H17N3OS3. The summed E-state index contributed by atoms with van der Waals surface area (Å²) in [7, 11) is 0. The number of hydrogen-bond donors (Lipinski definition) is 1. The van der Waals surface area contributed by atoms with Gasteiger partial charge < -0.3 is 0 Å². The summed E-state index contributed by atoms with van der Waals surface area (Å²) in [5, 5.41) is 11.5. The third-order valence-corrected chi connectivity index (χ3v) is 6.54. The van der Waals surface area contributed by atoms with Crippen LogP contribution in [-0.2, 0) is 12.8 Å². The molecule has 0 fully saturated rings. The Balaban J connectivity index is 1.70. The summed E-state index contributed by atoms with van der Waals surface area (Å²) in [6, 6.07) is 2.05. The largest absolute Gasteiger partial charge is 0.296 e. The number of thiophene rings is 1. The van der Waals surface area contributed by atoms with Crippen molar-refractivity contribution in [3.8, 4) is 0 Å². The molecule has 7 heteroatoms. The van der Waals surface area contributed by atoms with E-state index in [0.29, 0.717) is 5.13 Å². The van der Waals surface area contributed by atoms with Gasteiger partial charge >= 0.3 is 0 Å². The summed E-state index contributed by atoms with van der Waals surface area (Å²) >= 11 is 4.69. The van der Waals surface area contributed by atoms with Crippen LogP contribution in [0.15, 0.2) is 10.4 Å². The number of rotatable bonds is 4. The van der Waals surface area contributed by atoms with Crippen LogP contribution in [0.1, 0.15) is 40.4 Å². The minimum atomic E-state index is -0.0637. The number of anilines is 1. The number of fused-ring (bicyclic) bond motifs is 1. The van der Waals surface area contributed by atoms with E-state index in [9.17, 15) is 4.79 Å². The minimum Gasteiger partial charge on any atom is -0.296 e. The van der Waals surface area contributed by atoms with E-state index >= 15 is 0 Å². The molecule has 2 aromatic rings. The van der Waals surface area contributed by atoms with Crippen LogP contribution < -0.4 is 5.32 Å². The van der Waals surface area contributed by atoms with Gasteiger partial charge in [-0.05, 0) is 42.6 Å². The summed E-state index contributed by atoms with van der Waals surface area (Å²) < 4.78 is 0.895. The predicted octanol–water partition coefficient (Wildman–Crippen LogP) is 4.09. The molecule has 1 aliphatic rings. The zero-order valence-corrected chi connectivity index (χ0v) is 14.5. The monoisotopic (exact) mass is 339 g/mol. The first-order chi connectivity index (χ1) is 10.2. The lowest BCUT2D eigenvalue weighted by Gasteiger charge is -2.16. The molecule has 21 heavy (non-hydrogen) atoms. The molecule has 0 saturated carbocycles. The number of carbonyl (C=O) groups excluding carboxylic acids is 1. The van der Waals surface area contributed by atoms with Gasteiger partial charge in [0, 0.05) is 4.88 Å². The van der Waals surface area contributed by atoms with Crippen molar-refractivity contribution in [1.29, 1.82) is 0 Å². The Labute approximate surface area is 136 Å². The minimum absolute atomic E-state index is 0.0637. The maximum absolute atomic E-state index is 12.3. The lowest BCUT2D eigenvalue weighted by Crippen LogP contribution is -2.10. The second kappa shape index (κ2) is 6.46. The molecule has 0 saturated heterocycles. The first kappa shape index (κ1) is 15.0. The van der Waals surface area contributed by atoms with Gasteiger partial charge in [-0.25, -0.2) is 0 Å². The number of carbonyl (C=O) groups is 1. The van der Waals surface area contributed by atoms with Crippen molar-refractivity contribution in [3.63, 3.8) is 0 Å². The fourth-order valence-corrected chi connectivity index (χ4v) is 5.17. The highest BCUT2D eigenvalue weighted by atomic mass is 32.2. The molecular weight excluding hydrogens is 322 g/mol. The van der Waals surface area contributed by atoms with E-state index in [1.807, 2.05) is 6.07 Å². The molecule has 0 aromatic carbocycles. The van der Waals surface area contributed by atoms with Gasteiger partial charge in [0.2, 0.25) is 5.13 Å². The highest BCUT2D eigenvalue weighted by Crippen LogP contribution is 2.33. The number of nitrogens with zero attached hydrogens (tertiary/aromatic N) is 2. The van der Waals surface area contributed by atoms with Gasteiger partial charge in [0.05, 0.1) is 4.88 Å². The molecule has 112 valence electrons. The second-order valence-corrected chi connectivity index (χ2v) is 8.79. The Hall–Kier alpha value is -0.920. The predicted molar refractivity (Wildman–Crippen MR) is 89.8 cm³/mol. The molecule has 0 unspecified atom stereocenters. The molecule has 1 atom stereocenters. The number of hydrogen-bond acceptors (Lipinski definition) is 6. The van der Waals surface area contributed by atoms with Gasteiger partial charge in [-0.2, -0.15) is 0 Å². The average Bonchev–Trinajstić information content (AvgIpc) is 3.05. The second-order valence-electron chi connectivity index (χ2n) is 5.17. The molecule has 0 aliphatic heterocycles. The van der Waals surface area contributed by atoms with Crippen LogP contribution in [0.4, 0.5) is 5.13 Å². The third-order valence-electron chi connectivity index (χ3n) is 3.45. The quantitative estimate of drug-likeness (QED) is 0.673. The number of thioether (sulfide) groups is 1. The Morgan fingerprint density at radius 2 is 2.33 bits per heavy atom. The fourth-order valence-electron chi connectivity index (χ4n) is 2.42. The first-order valence-corrected chi connectivity index (χ1v) is 9.66. The van der Waals surface area contributed by atoms with Gasteiger partial charge in [-0.1, -0.05) is 36.9 Å². The number of aryl methyl sites for hydroxylation is 1. The van der Waals surface area contributed by atoms with Crippen LogP contribution in [0.2, 0.25) is 0 Å². The van der Waals surface area contributed by atoms with Gasteiger partial charge in [0.15, 0.2) is 4.34 Å². The van der Waals surface area contributed by atoms with Crippen molar-refractivity contribution in [2.24, 2.45) is 5.92 Å². The van der Waals surface area contributed by atoms with Crippen molar-refractivity contribution >= 4 is 45.5 Å². The smallest absolute Gasteiger partial charge is 0.267 e. The van der Waals surface area contributed by atoms with E-state index in [0.717, 1.165) is 33.7 Å². The van der Waals surface area contributed by atoms with Crippen LogP contribution >= 0.6 is 34.4 Å². The Bertz CT molecular complexity index is 650. The maximum Gasteiger partial charge on any atom is 0.267 e. The molecule has 4 nitrogen and oxygen atoms in total. The number of aromatic nitrogens is 2. The topological polar surface area (TPSA) is 54.9 Å². The average molecular weight is 340 g/mol. The van der Waals surface area contributed by atoms with E-state index in [1.165, 1.54) is 28.2 Å².